The molecule has 1 aromatic carbocycles. The molecule has 19 heavy (non-hydrogen) atoms. The SMILES string of the molecule is CCNCc1ccc(N2CCN(C)CC2C)cc1Cl. The molecule has 0 spiro atoms. The van der Waals surface area contributed by atoms with Gasteiger partial charge in [-0.25, -0.2) is 0 Å². The van der Waals surface area contributed by atoms with Crippen molar-refractivity contribution < 1.29 is 0 Å². The van der Waals surface area contributed by atoms with Crippen molar-refractivity contribution in [2.45, 2.75) is 26.4 Å². The minimum Gasteiger partial charge on any atom is -0.366 e. The Balaban J connectivity index is 2.10. The van der Waals surface area contributed by atoms with E-state index in [1.807, 2.05) is 0 Å². The van der Waals surface area contributed by atoms with Crippen LogP contribution >= 0.6 is 11.6 Å². The molecule has 1 saturated heterocycles. The maximum absolute atomic E-state index is 6.38. The second-order valence-electron chi connectivity index (χ2n) is 5.36. The van der Waals surface area contributed by atoms with Gasteiger partial charge in [0.25, 0.3) is 0 Å². The van der Waals surface area contributed by atoms with Gasteiger partial charge in [-0.15, -0.1) is 0 Å². The molecule has 0 saturated carbocycles. The van der Waals surface area contributed by atoms with Crippen LogP contribution < -0.4 is 10.2 Å². The lowest BCUT2D eigenvalue weighted by Gasteiger charge is -2.40. The van der Waals surface area contributed by atoms with E-state index in [-0.39, 0.29) is 0 Å². The molecule has 1 heterocycles. The van der Waals surface area contributed by atoms with Gasteiger partial charge in [-0.2, -0.15) is 0 Å². The van der Waals surface area contributed by atoms with E-state index in [0.717, 1.165) is 37.7 Å². The van der Waals surface area contributed by atoms with Crippen molar-refractivity contribution in [2.24, 2.45) is 0 Å². The molecule has 1 N–H and O–H groups in total. The van der Waals surface area contributed by atoms with Crippen molar-refractivity contribution >= 4 is 17.3 Å². The Labute approximate surface area is 121 Å². The zero-order valence-corrected chi connectivity index (χ0v) is 12.9. The van der Waals surface area contributed by atoms with Crippen LogP contribution in [0.25, 0.3) is 0 Å². The van der Waals surface area contributed by atoms with Crippen molar-refractivity contribution in [1.82, 2.24) is 10.2 Å². The van der Waals surface area contributed by atoms with Crippen LogP contribution in [-0.4, -0.2) is 44.2 Å². The summed E-state index contributed by atoms with van der Waals surface area (Å²) in [6.45, 7) is 9.48. The monoisotopic (exact) mass is 281 g/mol. The number of benzene rings is 1. The number of halogens is 1. The number of rotatable bonds is 4. The highest BCUT2D eigenvalue weighted by atomic mass is 35.5. The van der Waals surface area contributed by atoms with Crippen molar-refractivity contribution in [3.8, 4) is 0 Å². The minimum absolute atomic E-state index is 0.537. The average molecular weight is 282 g/mol. The van der Waals surface area contributed by atoms with Crippen LogP contribution in [0.4, 0.5) is 5.69 Å². The number of anilines is 1. The van der Waals surface area contributed by atoms with E-state index < -0.39 is 0 Å². The molecule has 1 atom stereocenters. The smallest absolute Gasteiger partial charge is 0.0471 e. The van der Waals surface area contributed by atoms with Crippen LogP contribution in [-0.2, 0) is 6.54 Å². The second-order valence-corrected chi connectivity index (χ2v) is 5.77. The predicted octanol–water partition coefficient (Wildman–Crippen LogP) is 2.59. The molecule has 0 aromatic heterocycles. The van der Waals surface area contributed by atoms with Crippen LogP contribution in [0.3, 0.4) is 0 Å². The highest BCUT2D eigenvalue weighted by Crippen LogP contribution is 2.26. The Bertz CT molecular complexity index is 422. The zero-order chi connectivity index (χ0) is 13.8. The Hall–Kier alpha value is -0.770. The predicted molar refractivity (Wildman–Crippen MR) is 83.1 cm³/mol. The molecule has 0 bridgehead atoms. The first kappa shape index (κ1) is 14.6. The third kappa shape index (κ3) is 3.62. The van der Waals surface area contributed by atoms with E-state index in [4.69, 9.17) is 11.6 Å². The van der Waals surface area contributed by atoms with Gasteiger partial charge in [0.2, 0.25) is 0 Å². The summed E-state index contributed by atoms with van der Waals surface area (Å²) >= 11 is 6.38. The number of piperazine rings is 1. The first-order valence-corrected chi connectivity index (χ1v) is 7.44. The maximum atomic E-state index is 6.38. The number of nitrogens with one attached hydrogen (secondary N) is 1. The maximum Gasteiger partial charge on any atom is 0.0471 e. The van der Waals surface area contributed by atoms with Crippen LogP contribution in [0.15, 0.2) is 18.2 Å². The quantitative estimate of drug-likeness (QED) is 0.915. The number of likely N-dealkylation sites (N-methyl/N-ethyl adjacent to an activating group) is 1. The van der Waals surface area contributed by atoms with Crippen LogP contribution in [0.1, 0.15) is 19.4 Å². The molecule has 1 aliphatic rings. The van der Waals surface area contributed by atoms with E-state index in [1.165, 1.54) is 11.3 Å². The van der Waals surface area contributed by atoms with Gasteiger partial charge in [0, 0.05) is 42.9 Å². The fourth-order valence-electron chi connectivity index (χ4n) is 2.64. The molecule has 0 radical (unpaired) electrons. The first-order valence-electron chi connectivity index (χ1n) is 7.06. The fraction of sp³-hybridized carbons (Fsp3) is 0.600. The summed E-state index contributed by atoms with van der Waals surface area (Å²) in [5.74, 6) is 0. The van der Waals surface area contributed by atoms with E-state index in [1.54, 1.807) is 0 Å². The van der Waals surface area contributed by atoms with E-state index in [0.29, 0.717) is 6.04 Å². The third-order valence-corrected chi connectivity index (χ3v) is 4.12. The molecule has 1 aromatic rings. The molecule has 1 unspecified atom stereocenters. The van der Waals surface area contributed by atoms with Gasteiger partial charge in [-0.05, 0) is 38.2 Å². The van der Waals surface area contributed by atoms with Crippen LogP contribution in [0, 0.1) is 0 Å². The zero-order valence-electron chi connectivity index (χ0n) is 12.1. The molecular formula is C15H24ClN3. The van der Waals surface area contributed by atoms with Crippen LogP contribution in [0.5, 0.6) is 0 Å². The Morgan fingerprint density at radius 3 is 2.79 bits per heavy atom. The van der Waals surface area contributed by atoms with Gasteiger partial charge >= 0.3 is 0 Å². The molecule has 106 valence electrons. The Morgan fingerprint density at radius 2 is 2.16 bits per heavy atom. The molecular weight excluding hydrogens is 258 g/mol. The van der Waals surface area contributed by atoms with Crippen molar-refractivity contribution in [2.75, 3.05) is 38.1 Å². The highest BCUT2D eigenvalue weighted by molar-refractivity contribution is 6.31. The minimum atomic E-state index is 0.537. The number of hydrogen-bond acceptors (Lipinski definition) is 3. The molecule has 3 nitrogen and oxygen atoms in total. The molecule has 4 heteroatoms. The van der Waals surface area contributed by atoms with Crippen LogP contribution in [0.2, 0.25) is 5.02 Å². The lowest BCUT2D eigenvalue weighted by molar-refractivity contribution is 0.275. The summed E-state index contributed by atoms with van der Waals surface area (Å²) in [6, 6.07) is 6.98. The summed E-state index contributed by atoms with van der Waals surface area (Å²) in [4.78, 5) is 4.82. The largest absolute Gasteiger partial charge is 0.366 e. The van der Waals surface area contributed by atoms with E-state index in [9.17, 15) is 0 Å². The van der Waals surface area contributed by atoms with Gasteiger partial charge in [0.1, 0.15) is 0 Å². The summed E-state index contributed by atoms with van der Waals surface area (Å²) in [7, 11) is 2.18. The highest BCUT2D eigenvalue weighted by Gasteiger charge is 2.21. The van der Waals surface area contributed by atoms with Gasteiger partial charge < -0.3 is 15.1 Å². The summed E-state index contributed by atoms with van der Waals surface area (Å²) in [5.41, 5.74) is 2.42. The lowest BCUT2D eigenvalue weighted by atomic mass is 10.1. The third-order valence-electron chi connectivity index (χ3n) is 3.76. The molecule has 1 aliphatic heterocycles. The Kier molecular flexibility index (Phi) is 5.08. The topological polar surface area (TPSA) is 18.5 Å². The average Bonchev–Trinajstić information content (AvgIpc) is 2.37. The first-order chi connectivity index (χ1) is 9.11. The second kappa shape index (κ2) is 6.60. The number of hydrogen-bond donors (Lipinski definition) is 1. The van der Waals surface area contributed by atoms with Crippen molar-refractivity contribution in [3.05, 3.63) is 28.8 Å². The molecule has 2 rings (SSSR count). The normalized spacial score (nSPS) is 20.8. The summed E-state index contributed by atoms with van der Waals surface area (Å²) < 4.78 is 0. The van der Waals surface area contributed by atoms with Crippen molar-refractivity contribution in [3.63, 3.8) is 0 Å². The van der Waals surface area contributed by atoms with E-state index >= 15 is 0 Å². The molecule has 1 fully saturated rings. The van der Waals surface area contributed by atoms with Gasteiger partial charge in [-0.1, -0.05) is 24.6 Å². The molecule has 0 aliphatic carbocycles. The van der Waals surface area contributed by atoms with Gasteiger partial charge in [0.15, 0.2) is 0 Å². The van der Waals surface area contributed by atoms with Gasteiger partial charge in [-0.3, -0.25) is 0 Å². The standard InChI is InChI=1S/C15H24ClN3/c1-4-17-10-13-5-6-14(9-15(13)16)19-8-7-18(3)11-12(19)2/h5-6,9,12,17H,4,7-8,10-11H2,1-3H3. The summed E-state index contributed by atoms with van der Waals surface area (Å²) in [5, 5.41) is 4.18. The van der Waals surface area contributed by atoms with Crippen molar-refractivity contribution in [1.29, 1.82) is 0 Å². The van der Waals surface area contributed by atoms with E-state index in [2.05, 4.69) is 54.2 Å². The Morgan fingerprint density at radius 1 is 1.37 bits per heavy atom. The molecule has 0 amide bonds. The fourth-order valence-corrected chi connectivity index (χ4v) is 2.88. The lowest BCUT2D eigenvalue weighted by Crippen LogP contribution is -2.50. The number of nitrogens with zero attached hydrogens (tertiary/aromatic N) is 2. The van der Waals surface area contributed by atoms with Gasteiger partial charge in [0.05, 0.1) is 0 Å². The summed E-state index contributed by atoms with van der Waals surface area (Å²) in [6.07, 6.45) is 0.